The fraction of sp³-hybridized carbons (Fsp3) is 0.0909. The summed E-state index contributed by atoms with van der Waals surface area (Å²) in [6.07, 6.45) is 3.30. The molecule has 1 N–H and O–H groups in total. The number of aromatic nitrogens is 4. The van der Waals surface area contributed by atoms with Gasteiger partial charge in [0.2, 0.25) is 5.91 Å². The van der Waals surface area contributed by atoms with Crippen LogP contribution in [0.5, 0.6) is 0 Å². The van der Waals surface area contributed by atoms with Crippen LogP contribution in [0.15, 0.2) is 66.1 Å². The normalized spacial score (nSPS) is 10.9. The van der Waals surface area contributed by atoms with E-state index in [9.17, 15) is 13.6 Å². The van der Waals surface area contributed by atoms with E-state index in [0.29, 0.717) is 22.1 Å². The molecule has 0 spiro atoms. The van der Waals surface area contributed by atoms with Gasteiger partial charge in [-0.2, -0.15) is 0 Å². The maximum atomic E-state index is 13.8. The summed E-state index contributed by atoms with van der Waals surface area (Å²) in [5, 5.41) is 12.0. The van der Waals surface area contributed by atoms with Crippen LogP contribution in [0.1, 0.15) is 5.56 Å². The molecular formula is C22H16ClF2N5OS. The summed E-state index contributed by atoms with van der Waals surface area (Å²) in [5.74, 6) is -1.54. The average molecular weight is 472 g/mol. The molecule has 4 rings (SSSR count). The Kier molecular flexibility index (Phi) is 6.48. The van der Waals surface area contributed by atoms with Gasteiger partial charge in [-0.15, -0.1) is 10.2 Å². The molecule has 0 saturated carbocycles. The predicted octanol–water partition coefficient (Wildman–Crippen LogP) is 5.30. The van der Waals surface area contributed by atoms with Gasteiger partial charge in [-0.3, -0.25) is 14.3 Å². The summed E-state index contributed by atoms with van der Waals surface area (Å²) >= 11 is 7.46. The number of carbonyl (C=O) groups is 1. The number of rotatable bonds is 6. The first-order valence-corrected chi connectivity index (χ1v) is 10.8. The molecule has 0 saturated heterocycles. The maximum absolute atomic E-state index is 13.8. The van der Waals surface area contributed by atoms with Gasteiger partial charge in [-0.05, 0) is 48.9 Å². The van der Waals surface area contributed by atoms with E-state index in [4.69, 9.17) is 11.6 Å². The van der Waals surface area contributed by atoms with E-state index in [-0.39, 0.29) is 11.4 Å². The second-order valence-corrected chi connectivity index (χ2v) is 8.07. The number of halogens is 3. The minimum atomic E-state index is -0.846. The van der Waals surface area contributed by atoms with Crippen molar-refractivity contribution in [1.29, 1.82) is 0 Å². The van der Waals surface area contributed by atoms with E-state index < -0.39 is 17.5 Å². The molecule has 162 valence electrons. The van der Waals surface area contributed by atoms with Crippen molar-refractivity contribution in [3.8, 4) is 17.1 Å². The highest BCUT2D eigenvalue weighted by atomic mass is 35.5. The number of amides is 1. The van der Waals surface area contributed by atoms with Gasteiger partial charge < -0.3 is 5.32 Å². The highest BCUT2D eigenvalue weighted by Crippen LogP contribution is 2.31. The summed E-state index contributed by atoms with van der Waals surface area (Å²) in [7, 11) is 0. The van der Waals surface area contributed by atoms with Crippen LogP contribution in [0, 0.1) is 18.6 Å². The molecule has 0 atom stereocenters. The number of benzene rings is 2. The third-order valence-corrected chi connectivity index (χ3v) is 5.93. The standard InChI is InChI=1S/C22H16ClF2N5OS/c1-13-16(23)3-2-4-19(13)30-21(14-7-9-26-10-8-14)28-29-22(30)32-12-20(31)27-18-6-5-15(24)11-17(18)25/h2-11H,12H2,1H3,(H,27,31). The fourth-order valence-corrected chi connectivity index (χ4v) is 3.93. The minimum Gasteiger partial charge on any atom is -0.323 e. The molecule has 0 unspecified atom stereocenters. The summed E-state index contributed by atoms with van der Waals surface area (Å²) in [4.78, 5) is 16.4. The Labute approximate surface area is 191 Å². The van der Waals surface area contributed by atoms with Crippen molar-refractivity contribution in [1.82, 2.24) is 19.7 Å². The van der Waals surface area contributed by atoms with Crippen LogP contribution in [0.25, 0.3) is 17.1 Å². The molecule has 32 heavy (non-hydrogen) atoms. The lowest BCUT2D eigenvalue weighted by Crippen LogP contribution is -2.15. The number of anilines is 1. The lowest BCUT2D eigenvalue weighted by Gasteiger charge is -2.14. The Morgan fingerprint density at radius 1 is 1.12 bits per heavy atom. The van der Waals surface area contributed by atoms with Crippen molar-refractivity contribution in [3.05, 3.63) is 83.1 Å². The highest BCUT2D eigenvalue weighted by molar-refractivity contribution is 7.99. The number of hydrogen-bond acceptors (Lipinski definition) is 5. The smallest absolute Gasteiger partial charge is 0.234 e. The average Bonchev–Trinajstić information content (AvgIpc) is 3.20. The van der Waals surface area contributed by atoms with E-state index in [1.807, 2.05) is 23.6 Å². The third kappa shape index (κ3) is 4.63. The van der Waals surface area contributed by atoms with Crippen molar-refractivity contribution in [2.24, 2.45) is 0 Å². The summed E-state index contributed by atoms with van der Waals surface area (Å²) < 4.78 is 28.7. The van der Waals surface area contributed by atoms with Gasteiger partial charge in [0.05, 0.1) is 17.1 Å². The molecule has 4 aromatic rings. The molecule has 2 aromatic carbocycles. The first-order chi connectivity index (χ1) is 15.4. The van der Waals surface area contributed by atoms with E-state index >= 15 is 0 Å². The summed E-state index contributed by atoms with van der Waals surface area (Å²) in [6.45, 7) is 1.88. The molecule has 0 fully saturated rings. The van der Waals surface area contributed by atoms with Gasteiger partial charge in [0.1, 0.15) is 11.6 Å². The Bertz CT molecular complexity index is 1280. The first kappa shape index (κ1) is 21.9. The number of pyridine rings is 1. The number of nitrogens with zero attached hydrogens (tertiary/aromatic N) is 4. The molecule has 6 nitrogen and oxygen atoms in total. The molecular weight excluding hydrogens is 456 g/mol. The Morgan fingerprint density at radius 2 is 1.91 bits per heavy atom. The van der Waals surface area contributed by atoms with Crippen LogP contribution in [0.4, 0.5) is 14.5 Å². The van der Waals surface area contributed by atoms with E-state index in [1.54, 1.807) is 30.6 Å². The van der Waals surface area contributed by atoms with E-state index in [2.05, 4.69) is 20.5 Å². The maximum Gasteiger partial charge on any atom is 0.234 e. The molecule has 0 aliphatic heterocycles. The topological polar surface area (TPSA) is 72.7 Å². The summed E-state index contributed by atoms with van der Waals surface area (Å²) in [5.41, 5.74) is 2.28. The zero-order valence-corrected chi connectivity index (χ0v) is 18.3. The van der Waals surface area contributed by atoms with Crippen molar-refractivity contribution in [2.75, 3.05) is 11.1 Å². The quantitative estimate of drug-likeness (QED) is 0.386. The minimum absolute atomic E-state index is 0.0646. The summed E-state index contributed by atoms with van der Waals surface area (Å²) in [6, 6.07) is 12.1. The van der Waals surface area contributed by atoms with Gasteiger partial charge >= 0.3 is 0 Å². The zero-order chi connectivity index (χ0) is 22.7. The fourth-order valence-electron chi connectivity index (χ4n) is 3.01. The number of carbonyl (C=O) groups excluding carboxylic acids is 1. The van der Waals surface area contributed by atoms with Gasteiger partial charge in [-0.1, -0.05) is 29.4 Å². The number of thioether (sulfide) groups is 1. The molecule has 0 aliphatic carbocycles. The Hall–Kier alpha value is -3.30. The lowest BCUT2D eigenvalue weighted by molar-refractivity contribution is -0.113. The highest BCUT2D eigenvalue weighted by Gasteiger charge is 2.19. The molecule has 10 heteroatoms. The van der Waals surface area contributed by atoms with E-state index in [1.165, 1.54) is 6.07 Å². The van der Waals surface area contributed by atoms with Crippen LogP contribution in [-0.4, -0.2) is 31.4 Å². The number of hydrogen-bond donors (Lipinski definition) is 1. The third-order valence-electron chi connectivity index (χ3n) is 4.59. The monoisotopic (exact) mass is 471 g/mol. The van der Waals surface area contributed by atoms with Crippen molar-refractivity contribution >= 4 is 35.0 Å². The Balaban J connectivity index is 1.63. The van der Waals surface area contributed by atoms with Gasteiger partial charge in [0.15, 0.2) is 11.0 Å². The van der Waals surface area contributed by atoms with Crippen molar-refractivity contribution in [2.45, 2.75) is 12.1 Å². The van der Waals surface area contributed by atoms with Crippen molar-refractivity contribution in [3.63, 3.8) is 0 Å². The lowest BCUT2D eigenvalue weighted by atomic mass is 10.2. The van der Waals surface area contributed by atoms with Crippen LogP contribution in [0.2, 0.25) is 5.02 Å². The van der Waals surface area contributed by atoms with Gasteiger partial charge in [0, 0.05) is 29.0 Å². The SMILES string of the molecule is Cc1c(Cl)cccc1-n1c(SCC(=O)Nc2ccc(F)cc2F)nnc1-c1ccncc1. The second kappa shape index (κ2) is 9.46. The molecule has 0 radical (unpaired) electrons. The molecule has 0 aliphatic rings. The predicted molar refractivity (Wildman–Crippen MR) is 120 cm³/mol. The second-order valence-electron chi connectivity index (χ2n) is 6.72. The van der Waals surface area contributed by atoms with Gasteiger partial charge in [-0.25, -0.2) is 8.78 Å². The van der Waals surface area contributed by atoms with Crippen LogP contribution >= 0.6 is 23.4 Å². The van der Waals surface area contributed by atoms with E-state index in [0.717, 1.165) is 34.6 Å². The van der Waals surface area contributed by atoms with Crippen LogP contribution in [0.3, 0.4) is 0 Å². The Morgan fingerprint density at radius 3 is 2.66 bits per heavy atom. The first-order valence-electron chi connectivity index (χ1n) is 9.43. The number of nitrogens with one attached hydrogen (secondary N) is 1. The molecule has 0 bridgehead atoms. The van der Waals surface area contributed by atoms with Crippen LogP contribution in [-0.2, 0) is 4.79 Å². The zero-order valence-electron chi connectivity index (χ0n) is 16.7. The largest absolute Gasteiger partial charge is 0.323 e. The van der Waals surface area contributed by atoms with Gasteiger partial charge in [0.25, 0.3) is 0 Å². The van der Waals surface area contributed by atoms with Crippen LogP contribution < -0.4 is 5.32 Å². The van der Waals surface area contributed by atoms with Crippen molar-refractivity contribution < 1.29 is 13.6 Å². The molecule has 2 heterocycles. The molecule has 1 amide bonds. The molecule has 2 aromatic heterocycles.